The molecule has 1 aromatic rings. The molecule has 2 N–H and O–H groups in total. The normalized spacial score (nSPS) is 15.2. The summed E-state index contributed by atoms with van der Waals surface area (Å²) in [6, 6.07) is 5.18. The number of benzene rings is 1. The van der Waals surface area contributed by atoms with Gasteiger partial charge in [0.25, 0.3) is 0 Å². The summed E-state index contributed by atoms with van der Waals surface area (Å²) in [4.78, 5) is 0. The molecule has 14 heavy (non-hydrogen) atoms. The zero-order valence-electron chi connectivity index (χ0n) is 8.13. The summed E-state index contributed by atoms with van der Waals surface area (Å²) in [5.74, 6) is 0. The van der Waals surface area contributed by atoms with Crippen LogP contribution in [-0.4, -0.2) is 13.2 Å². The predicted octanol–water partition coefficient (Wildman–Crippen LogP) is 3.03. The molecule has 0 fully saturated rings. The van der Waals surface area contributed by atoms with Gasteiger partial charge in [-0.2, -0.15) is 0 Å². The van der Waals surface area contributed by atoms with Crippen molar-refractivity contribution in [1.82, 2.24) is 0 Å². The maximum Gasteiger partial charge on any atom is 0.0735 e. The summed E-state index contributed by atoms with van der Waals surface area (Å²) in [7, 11) is 1.63. The Hall–Kier alpha value is -0.280. The molecule has 0 saturated heterocycles. The molecule has 78 valence electrons. The van der Waals surface area contributed by atoms with Crippen LogP contribution in [0.1, 0.15) is 18.5 Å². The summed E-state index contributed by atoms with van der Waals surface area (Å²) >= 11 is 11.7. The van der Waals surface area contributed by atoms with Crippen molar-refractivity contribution < 1.29 is 4.74 Å². The second kappa shape index (κ2) is 4.99. The van der Waals surface area contributed by atoms with Crippen molar-refractivity contribution in [1.29, 1.82) is 0 Å². The van der Waals surface area contributed by atoms with Gasteiger partial charge in [0.2, 0.25) is 0 Å². The van der Waals surface area contributed by atoms with E-state index in [1.165, 1.54) is 0 Å². The van der Waals surface area contributed by atoms with E-state index >= 15 is 0 Å². The molecule has 1 rings (SSSR count). The number of methoxy groups -OCH3 is 1. The lowest BCUT2D eigenvalue weighted by Gasteiger charge is -2.19. The lowest BCUT2D eigenvalue weighted by atomic mass is 10.0. The van der Waals surface area contributed by atoms with Crippen molar-refractivity contribution in [2.24, 2.45) is 5.73 Å². The molecule has 4 heteroatoms. The van der Waals surface area contributed by atoms with Gasteiger partial charge in [-0.1, -0.05) is 29.3 Å². The average Bonchev–Trinajstić information content (AvgIpc) is 2.20. The molecule has 0 aliphatic heterocycles. The Morgan fingerprint density at radius 2 is 1.93 bits per heavy atom. The van der Waals surface area contributed by atoms with E-state index < -0.39 is 0 Å². The Morgan fingerprint density at radius 3 is 2.43 bits per heavy atom. The van der Waals surface area contributed by atoms with E-state index in [-0.39, 0.29) is 12.1 Å². The molecule has 0 aromatic heterocycles. The Kier molecular flexibility index (Phi) is 4.20. The van der Waals surface area contributed by atoms with Gasteiger partial charge in [-0.15, -0.1) is 0 Å². The van der Waals surface area contributed by atoms with E-state index in [1.54, 1.807) is 19.2 Å². The highest BCUT2D eigenvalue weighted by atomic mass is 35.5. The summed E-state index contributed by atoms with van der Waals surface area (Å²) in [5.41, 5.74) is 6.87. The molecule has 0 heterocycles. The number of hydrogen-bond donors (Lipinski definition) is 1. The Labute approximate surface area is 94.0 Å². The third-order valence-electron chi connectivity index (χ3n) is 2.21. The molecule has 0 aliphatic carbocycles. The van der Waals surface area contributed by atoms with Gasteiger partial charge in [-0.05, 0) is 24.6 Å². The first kappa shape index (κ1) is 11.8. The molecule has 2 atom stereocenters. The van der Waals surface area contributed by atoms with Crippen LogP contribution in [0.3, 0.4) is 0 Å². The van der Waals surface area contributed by atoms with Gasteiger partial charge < -0.3 is 10.5 Å². The van der Waals surface area contributed by atoms with Gasteiger partial charge in [0.1, 0.15) is 0 Å². The van der Waals surface area contributed by atoms with Crippen LogP contribution in [0.15, 0.2) is 18.2 Å². The van der Waals surface area contributed by atoms with E-state index in [0.29, 0.717) is 10.0 Å². The highest BCUT2D eigenvalue weighted by Crippen LogP contribution is 2.26. The average molecular weight is 234 g/mol. The maximum atomic E-state index is 5.94. The fraction of sp³-hybridized carbons (Fsp3) is 0.400. The van der Waals surface area contributed by atoms with E-state index in [0.717, 1.165) is 5.56 Å². The smallest absolute Gasteiger partial charge is 0.0735 e. The van der Waals surface area contributed by atoms with Crippen molar-refractivity contribution >= 4 is 23.2 Å². The maximum absolute atomic E-state index is 5.94. The minimum Gasteiger partial charge on any atom is -0.380 e. The van der Waals surface area contributed by atoms with Crippen LogP contribution >= 0.6 is 23.2 Å². The molecule has 0 spiro atoms. The van der Waals surface area contributed by atoms with Crippen LogP contribution in [-0.2, 0) is 4.74 Å². The first-order valence-electron chi connectivity index (χ1n) is 4.29. The van der Waals surface area contributed by atoms with Gasteiger partial charge >= 0.3 is 0 Å². The second-order valence-electron chi connectivity index (χ2n) is 3.14. The summed E-state index contributed by atoms with van der Waals surface area (Å²) in [6.07, 6.45) is -0.0488. The highest BCUT2D eigenvalue weighted by molar-refractivity contribution is 6.42. The van der Waals surface area contributed by atoms with Crippen molar-refractivity contribution in [2.45, 2.75) is 19.1 Å². The van der Waals surface area contributed by atoms with Crippen molar-refractivity contribution in [3.05, 3.63) is 33.8 Å². The van der Waals surface area contributed by atoms with Gasteiger partial charge in [-0.3, -0.25) is 0 Å². The molecule has 0 amide bonds. The summed E-state index contributed by atoms with van der Waals surface area (Å²) < 4.78 is 5.14. The monoisotopic (exact) mass is 233 g/mol. The van der Waals surface area contributed by atoms with Gasteiger partial charge in [0.05, 0.1) is 22.2 Å². The van der Waals surface area contributed by atoms with Crippen LogP contribution in [0.2, 0.25) is 10.0 Å². The minimum absolute atomic E-state index is 0.0488. The van der Waals surface area contributed by atoms with Gasteiger partial charge in [-0.25, -0.2) is 0 Å². The van der Waals surface area contributed by atoms with E-state index in [2.05, 4.69) is 0 Å². The number of rotatable bonds is 3. The van der Waals surface area contributed by atoms with Gasteiger partial charge in [0, 0.05) is 7.11 Å². The quantitative estimate of drug-likeness (QED) is 0.872. The zero-order valence-corrected chi connectivity index (χ0v) is 9.64. The molecule has 0 unspecified atom stereocenters. The highest BCUT2D eigenvalue weighted by Gasteiger charge is 2.14. The van der Waals surface area contributed by atoms with E-state index in [1.807, 2.05) is 13.0 Å². The lowest BCUT2D eigenvalue weighted by molar-refractivity contribution is 0.0957. The summed E-state index contributed by atoms with van der Waals surface area (Å²) in [6.45, 7) is 1.91. The topological polar surface area (TPSA) is 35.2 Å². The summed E-state index contributed by atoms with van der Waals surface area (Å²) in [5, 5.41) is 1.05. The Morgan fingerprint density at radius 1 is 1.29 bits per heavy atom. The largest absolute Gasteiger partial charge is 0.380 e. The predicted molar refractivity (Wildman–Crippen MR) is 59.9 cm³/mol. The third kappa shape index (κ3) is 2.61. The molecule has 0 bridgehead atoms. The number of nitrogens with two attached hydrogens (primary N) is 1. The Balaban J connectivity index is 2.91. The number of hydrogen-bond acceptors (Lipinski definition) is 2. The first-order valence-corrected chi connectivity index (χ1v) is 5.05. The molecule has 1 aromatic carbocycles. The minimum atomic E-state index is -0.185. The lowest BCUT2D eigenvalue weighted by Crippen LogP contribution is -2.25. The van der Waals surface area contributed by atoms with Crippen molar-refractivity contribution in [3.63, 3.8) is 0 Å². The molecular formula is C10H13Cl2NO. The van der Waals surface area contributed by atoms with Crippen LogP contribution in [0.25, 0.3) is 0 Å². The second-order valence-corrected chi connectivity index (χ2v) is 3.95. The first-order chi connectivity index (χ1) is 6.56. The van der Waals surface area contributed by atoms with Crippen molar-refractivity contribution in [2.75, 3.05) is 7.11 Å². The molecule has 0 radical (unpaired) electrons. The van der Waals surface area contributed by atoms with Gasteiger partial charge in [0.15, 0.2) is 0 Å². The fourth-order valence-corrected chi connectivity index (χ4v) is 1.44. The fourth-order valence-electron chi connectivity index (χ4n) is 1.14. The van der Waals surface area contributed by atoms with Crippen LogP contribution in [0.4, 0.5) is 0 Å². The third-order valence-corrected chi connectivity index (χ3v) is 2.95. The molecule has 0 saturated carbocycles. The van der Waals surface area contributed by atoms with E-state index in [4.69, 9.17) is 33.7 Å². The molecular weight excluding hydrogens is 221 g/mol. The van der Waals surface area contributed by atoms with Crippen molar-refractivity contribution in [3.8, 4) is 0 Å². The molecule has 2 nitrogen and oxygen atoms in total. The SMILES string of the molecule is CO[C@H](C)[C@H](N)c1ccc(Cl)c(Cl)c1. The number of halogens is 2. The number of ether oxygens (including phenoxy) is 1. The molecule has 0 aliphatic rings. The standard InChI is InChI=1S/C10H13Cl2NO/c1-6(14-2)10(13)7-3-4-8(11)9(12)5-7/h3-6,10H,13H2,1-2H3/t6-,10+/m1/s1. The van der Waals surface area contributed by atoms with Crippen LogP contribution in [0.5, 0.6) is 0 Å². The van der Waals surface area contributed by atoms with Crippen LogP contribution < -0.4 is 5.73 Å². The zero-order chi connectivity index (χ0) is 10.7. The Bertz CT molecular complexity index is 317. The van der Waals surface area contributed by atoms with Crippen LogP contribution in [0, 0.1) is 0 Å². The van der Waals surface area contributed by atoms with E-state index in [9.17, 15) is 0 Å².